The molecule has 0 radical (unpaired) electrons. The molecule has 2 fully saturated rings. The smallest absolute Gasteiger partial charge is 0.270 e. The van der Waals surface area contributed by atoms with E-state index in [2.05, 4.69) is 22.7 Å². The second kappa shape index (κ2) is 10.5. The lowest BCUT2D eigenvalue weighted by molar-refractivity contribution is -0.119. The van der Waals surface area contributed by atoms with Crippen molar-refractivity contribution in [3.63, 3.8) is 0 Å². The molecule has 6 nitrogen and oxygen atoms in total. The van der Waals surface area contributed by atoms with Crippen molar-refractivity contribution in [3.8, 4) is 0 Å². The molecule has 0 saturated heterocycles. The highest BCUT2D eigenvalue weighted by Crippen LogP contribution is 2.32. The Kier molecular flexibility index (Phi) is 7.46. The van der Waals surface area contributed by atoms with Crippen LogP contribution in [0.2, 0.25) is 0 Å². The number of anilines is 1. The number of hydrogen-bond acceptors (Lipinski definition) is 3. The lowest BCUT2D eigenvalue weighted by Gasteiger charge is -2.32. The Labute approximate surface area is 195 Å². The normalized spacial score (nSPS) is 22.2. The summed E-state index contributed by atoms with van der Waals surface area (Å²) in [7, 11) is 0. The summed E-state index contributed by atoms with van der Waals surface area (Å²) < 4.78 is 16.4. The first-order valence-electron chi connectivity index (χ1n) is 12.4. The number of hydrogen-bond donors (Lipinski definition) is 2. The van der Waals surface area contributed by atoms with Gasteiger partial charge in [0.25, 0.3) is 5.91 Å². The molecule has 2 N–H and O–H groups in total. The van der Waals surface area contributed by atoms with Gasteiger partial charge in [-0.1, -0.05) is 45.6 Å². The topological polar surface area (TPSA) is 76.0 Å². The number of halogens is 1. The van der Waals surface area contributed by atoms with E-state index >= 15 is 0 Å². The minimum Gasteiger partial charge on any atom is -0.339 e. The maximum Gasteiger partial charge on any atom is 0.270 e. The van der Waals surface area contributed by atoms with Gasteiger partial charge in [-0.25, -0.2) is 4.39 Å². The molecule has 2 aliphatic rings. The van der Waals surface area contributed by atoms with Crippen LogP contribution in [0.3, 0.4) is 0 Å². The second-order valence-corrected chi connectivity index (χ2v) is 9.73. The lowest BCUT2D eigenvalue weighted by atomic mass is 9.79. The zero-order valence-electron chi connectivity index (χ0n) is 19.6. The summed E-state index contributed by atoms with van der Waals surface area (Å²) in [5, 5.41) is 10.1. The fourth-order valence-corrected chi connectivity index (χ4v) is 5.26. The van der Waals surface area contributed by atoms with E-state index in [0.29, 0.717) is 11.6 Å². The van der Waals surface area contributed by atoms with Crippen LogP contribution in [0.4, 0.5) is 10.1 Å². The van der Waals surface area contributed by atoms with E-state index in [1.165, 1.54) is 6.07 Å². The van der Waals surface area contributed by atoms with E-state index in [4.69, 9.17) is 0 Å². The maximum atomic E-state index is 14.6. The highest BCUT2D eigenvalue weighted by atomic mass is 19.1. The standard InChI is InChI=1S/C26H35FN4O2/c1-3-18-10-13-22(21(27)16-18)29-26(33)24(19-11-8-17(2)9-12-19)30-25(32)23-14-15-28-31(23)20-6-4-5-7-20/h10,13-17,19-20,24H,3-9,11-12H2,1-2H3,(H,29,33)(H,30,32)/t17-,19-,24-/m0/s1. The monoisotopic (exact) mass is 454 g/mol. The number of carbonyl (C=O) groups is 2. The Bertz CT molecular complexity index is 974. The van der Waals surface area contributed by atoms with Gasteiger partial charge in [0.1, 0.15) is 17.6 Å². The van der Waals surface area contributed by atoms with E-state index in [0.717, 1.165) is 63.4 Å². The molecule has 178 valence electrons. The highest BCUT2D eigenvalue weighted by molar-refractivity contribution is 6.00. The zero-order chi connectivity index (χ0) is 23.4. The predicted octanol–water partition coefficient (Wildman–Crippen LogP) is 5.26. The van der Waals surface area contributed by atoms with E-state index < -0.39 is 11.9 Å². The van der Waals surface area contributed by atoms with Gasteiger partial charge in [0.15, 0.2) is 0 Å². The third-order valence-electron chi connectivity index (χ3n) is 7.37. The molecule has 0 unspecified atom stereocenters. The SMILES string of the molecule is CCc1ccc(NC(=O)[C@@H](NC(=O)c2ccnn2C2CCCC2)[C@H]2CC[C@H](C)CC2)c(F)c1. The van der Waals surface area contributed by atoms with Crippen LogP contribution in [-0.4, -0.2) is 27.6 Å². The molecule has 2 aromatic rings. The molecule has 1 aromatic heterocycles. The number of aryl methyl sites for hydroxylation is 1. The van der Waals surface area contributed by atoms with Crippen molar-refractivity contribution in [2.75, 3.05) is 5.32 Å². The maximum absolute atomic E-state index is 14.6. The molecule has 1 atom stereocenters. The van der Waals surface area contributed by atoms with Gasteiger partial charge in [0.05, 0.1) is 11.7 Å². The largest absolute Gasteiger partial charge is 0.339 e. The summed E-state index contributed by atoms with van der Waals surface area (Å²) in [6.07, 6.45) is 10.4. The van der Waals surface area contributed by atoms with E-state index in [-0.39, 0.29) is 29.5 Å². The molecule has 0 bridgehead atoms. The molecular formula is C26H35FN4O2. The lowest BCUT2D eigenvalue weighted by Crippen LogP contribution is -2.49. The minimum absolute atomic E-state index is 0.0194. The molecular weight excluding hydrogens is 419 g/mol. The van der Waals surface area contributed by atoms with Crippen LogP contribution < -0.4 is 10.6 Å². The highest BCUT2D eigenvalue weighted by Gasteiger charge is 2.34. The molecule has 33 heavy (non-hydrogen) atoms. The van der Waals surface area contributed by atoms with Gasteiger partial charge in [0.2, 0.25) is 5.91 Å². The summed E-state index contributed by atoms with van der Waals surface area (Å²) in [5.74, 6) is -0.475. The van der Waals surface area contributed by atoms with Crippen LogP contribution in [0.1, 0.15) is 87.3 Å². The van der Waals surface area contributed by atoms with Gasteiger partial charge in [-0.15, -0.1) is 0 Å². The Morgan fingerprint density at radius 2 is 1.85 bits per heavy atom. The van der Waals surface area contributed by atoms with Crippen molar-refractivity contribution in [1.82, 2.24) is 15.1 Å². The number of benzene rings is 1. The van der Waals surface area contributed by atoms with Crippen molar-refractivity contribution in [1.29, 1.82) is 0 Å². The number of nitrogens with zero attached hydrogens (tertiary/aromatic N) is 2. The van der Waals surface area contributed by atoms with Gasteiger partial charge in [-0.3, -0.25) is 14.3 Å². The first kappa shape index (κ1) is 23.5. The van der Waals surface area contributed by atoms with Crippen molar-refractivity contribution in [2.45, 2.75) is 83.7 Å². The molecule has 1 heterocycles. The van der Waals surface area contributed by atoms with Crippen LogP contribution in [0, 0.1) is 17.7 Å². The number of rotatable bonds is 7. The molecule has 2 aliphatic carbocycles. The first-order chi connectivity index (χ1) is 16.0. The van der Waals surface area contributed by atoms with Crippen LogP contribution in [0.5, 0.6) is 0 Å². The van der Waals surface area contributed by atoms with Crippen LogP contribution in [0.15, 0.2) is 30.5 Å². The Balaban J connectivity index is 1.53. The fourth-order valence-electron chi connectivity index (χ4n) is 5.26. The Morgan fingerprint density at radius 1 is 1.12 bits per heavy atom. The molecule has 0 spiro atoms. The molecule has 1 aromatic carbocycles. The van der Waals surface area contributed by atoms with E-state index in [1.807, 2.05) is 17.7 Å². The van der Waals surface area contributed by atoms with Gasteiger partial charge < -0.3 is 10.6 Å². The fraction of sp³-hybridized carbons (Fsp3) is 0.577. The number of carbonyl (C=O) groups excluding carboxylic acids is 2. The van der Waals surface area contributed by atoms with Crippen molar-refractivity contribution in [3.05, 3.63) is 47.5 Å². The molecule has 2 saturated carbocycles. The Hall–Kier alpha value is -2.70. The molecule has 7 heteroatoms. The summed E-state index contributed by atoms with van der Waals surface area (Å²) in [6, 6.07) is 6.09. The van der Waals surface area contributed by atoms with Gasteiger partial charge in [-0.05, 0) is 67.7 Å². The summed E-state index contributed by atoms with van der Waals surface area (Å²) in [4.78, 5) is 26.6. The van der Waals surface area contributed by atoms with Crippen molar-refractivity contribution in [2.24, 2.45) is 11.8 Å². The Morgan fingerprint density at radius 3 is 2.52 bits per heavy atom. The van der Waals surface area contributed by atoms with E-state index in [1.54, 1.807) is 18.3 Å². The number of amides is 2. The average molecular weight is 455 g/mol. The van der Waals surface area contributed by atoms with Crippen molar-refractivity contribution < 1.29 is 14.0 Å². The first-order valence-corrected chi connectivity index (χ1v) is 12.4. The summed E-state index contributed by atoms with van der Waals surface area (Å²) in [5.41, 5.74) is 1.51. The third-order valence-corrected chi connectivity index (χ3v) is 7.37. The minimum atomic E-state index is -0.720. The van der Waals surface area contributed by atoms with Crippen molar-refractivity contribution >= 4 is 17.5 Å². The van der Waals surface area contributed by atoms with Gasteiger partial charge in [-0.2, -0.15) is 5.10 Å². The molecule has 2 amide bonds. The summed E-state index contributed by atoms with van der Waals surface area (Å²) in [6.45, 7) is 4.17. The van der Waals surface area contributed by atoms with Gasteiger partial charge >= 0.3 is 0 Å². The van der Waals surface area contributed by atoms with Crippen LogP contribution >= 0.6 is 0 Å². The van der Waals surface area contributed by atoms with Gasteiger partial charge in [0, 0.05) is 6.20 Å². The van der Waals surface area contributed by atoms with Crippen LogP contribution in [-0.2, 0) is 11.2 Å². The van der Waals surface area contributed by atoms with E-state index in [9.17, 15) is 14.0 Å². The summed E-state index contributed by atoms with van der Waals surface area (Å²) >= 11 is 0. The zero-order valence-corrected chi connectivity index (χ0v) is 19.6. The van der Waals surface area contributed by atoms with Crippen LogP contribution in [0.25, 0.3) is 0 Å². The quantitative estimate of drug-likeness (QED) is 0.599. The number of nitrogens with one attached hydrogen (secondary N) is 2. The molecule has 0 aliphatic heterocycles. The predicted molar refractivity (Wildman–Crippen MR) is 127 cm³/mol. The average Bonchev–Trinajstić information content (AvgIpc) is 3.51. The second-order valence-electron chi connectivity index (χ2n) is 9.73. The third kappa shape index (κ3) is 5.45. The molecule has 4 rings (SSSR count). The number of aromatic nitrogens is 2.